The molecule has 92 valence electrons. The molecule has 5 N–H and O–H groups in total. The Labute approximate surface area is 94.0 Å². The van der Waals surface area contributed by atoms with Gasteiger partial charge >= 0.3 is 5.97 Å². The Kier molecular flexibility index (Phi) is 4.20. The third kappa shape index (κ3) is 3.98. The van der Waals surface area contributed by atoms with E-state index in [-0.39, 0.29) is 6.42 Å². The van der Waals surface area contributed by atoms with Gasteiger partial charge in [-0.2, -0.15) is 0 Å². The van der Waals surface area contributed by atoms with Crippen LogP contribution < -0.4 is 11.5 Å². The van der Waals surface area contributed by atoms with Gasteiger partial charge in [0, 0.05) is 6.42 Å². The SMILES string of the molecule is CC(C)(C)CC(=O)C(N)(CC(N)=O)C(=O)O. The fourth-order valence-corrected chi connectivity index (χ4v) is 1.21. The average Bonchev–Trinajstić information content (AvgIpc) is 1.98. The molecule has 0 aliphatic rings. The van der Waals surface area contributed by atoms with Gasteiger partial charge in [-0.15, -0.1) is 0 Å². The Balaban J connectivity index is 4.99. The maximum absolute atomic E-state index is 11.7. The molecule has 0 fully saturated rings. The minimum absolute atomic E-state index is 0.0247. The van der Waals surface area contributed by atoms with E-state index in [2.05, 4.69) is 0 Å². The number of hydrogen-bond acceptors (Lipinski definition) is 4. The molecule has 16 heavy (non-hydrogen) atoms. The Morgan fingerprint density at radius 2 is 1.56 bits per heavy atom. The molecule has 1 atom stereocenters. The maximum Gasteiger partial charge on any atom is 0.332 e. The molecule has 6 heteroatoms. The molecule has 0 aromatic heterocycles. The first kappa shape index (κ1) is 14.6. The van der Waals surface area contributed by atoms with E-state index in [0.29, 0.717) is 0 Å². The van der Waals surface area contributed by atoms with Crippen LogP contribution in [-0.4, -0.2) is 28.3 Å². The summed E-state index contributed by atoms with van der Waals surface area (Å²) in [6, 6.07) is 0. The van der Waals surface area contributed by atoms with Crippen LogP contribution in [0.2, 0.25) is 0 Å². The Hall–Kier alpha value is -1.43. The number of ketones is 1. The average molecular weight is 230 g/mol. The number of hydrogen-bond donors (Lipinski definition) is 3. The van der Waals surface area contributed by atoms with Gasteiger partial charge in [0.25, 0.3) is 0 Å². The van der Waals surface area contributed by atoms with E-state index in [0.717, 1.165) is 0 Å². The molecule has 0 saturated heterocycles. The smallest absolute Gasteiger partial charge is 0.332 e. The number of primary amides is 1. The number of amides is 1. The second-order valence-electron chi connectivity index (χ2n) is 5.08. The topological polar surface area (TPSA) is 123 Å². The Bertz CT molecular complexity index is 319. The second-order valence-corrected chi connectivity index (χ2v) is 5.08. The molecule has 0 rings (SSSR count). The first-order valence-corrected chi connectivity index (χ1v) is 4.83. The van der Waals surface area contributed by atoms with Crippen molar-refractivity contribution in [2.75, 3.05) is 0 Å². The fourth-order valence-electron chi connectivity index (χ4n) is 1.21. The van der Waals surface area contributed by atoms with Crippen molar-refractivity contribution in [3.05, 3.63) is 0 Å². The zero-order chi connectivity index (χ0) is 13.1. The number of rotatable bonds is 5. The zero-order valence-electron chi connectivity index (χ0n) is 9.74. The van der Waals surface area contributed by atoms with Crippen LogP contribution in [0.25, 0.3) is 0 Å². The molecule has 0 radical (unpaired) electrons. The van der Waals surface area contributed by atoms with Gasteiger partial charge in [0.2, 0.25) is 5.91 Å². The highest BCUT2D eigenvalue weighted by Gasteiger charge is 2.44. The second kappa shape index (κ2) is 4.61. The molecule has 0 aliphatic carbocycles. The highest BCUT2D eigenvalue weighted by atomic mass is 16.4. The lowest BCUT2D eigenvalue weighted by Crippen LogP contribution is -2.57. The van der Waals surface area contributed by atoms with Crippen molar-refractivity contribution in [2.24, 2.45) is 16.9 Å². The van der Waals surface area contributed by atoms with Gasteiger partial charge in [-0.05, 0) is 5.41 Å². The van der Waals surface area contributed by atoms with Crippen LogP contribution in [0.15, 0.2) is 0 Å². The van der Waals surface area contributed by atoms with Gasteiger partial charge in [0.1, 0.15) is 0 Å². The number of carbonyl (C=O) groups excluding carboxylic acids is 2. The van der Waals surface area contributed by atoms with Crippen molar-refractivity contribution in [2.45, 2.75) is 39.2 Å². The van der Waals surface area contributed by atoms with Crippen LogP contribution in [0.4, 0.5) is 0 Å². The molecule has 1 unspecified atom stereocenters. The van der Waals surface area contributed by atoms with Crippen LogP contribution in [0, 0.1) is 5.41 Å². The summed E-state index contributed by atoms with van der Waals surface area (Å²) in [7, 11) is 0. The predicted octanol–water partition coefficient (Wildman–Crippen LogP) is -0.351. The molecule has 0 heterocycles. The van der Waals surface area contributed by atoms with E-state index >= 15 is 0 Å². The fraction of sp³-hybridized carbons (Fsp3) is 0.700. The first-order valence-electron chi connectivity index (χ1n) is 4.83. The van der Waals surface area contributed by atoms with Crippen molar-refractivity contribution in [3.8, 4) is 0 Å². The van der Waals surface area contributed by atoms with E-state index in [4.69, 9.17) is 16.6 Å². The maximum atomic E-state index is 11.7. The Morgan fingerprint density at radius 1 is 1.12 bits per heavy atom. The lowest BCUT2D eigenvalue weighted by atomic mass is 9.80. The summed E-state index contributed by atoms with van der Waals surface area (Å²) < 4.78 is 0. The summed E-state index contributed by atoms with van der Waals surface area (Å²) in [6.45, 7) is 5.33. The van der Waals surface area contributed by atoms with E-state index < -0.39 is 35.0 Å². The van der Waals surface area contributed by atoms with Gasteiger partial charge in [-0.1, -0.05) is 20.8 Å². The van der Waals surface area contributed by atoms with Crippen LogP contribution >= 0.6 is 0 Å². The molecule has 0 aromatic carbocycles. The van der Waals surface area contributed by atoms with Crippen molar-refractivity contribution in [1.29, 1.82) is 0 Å². The number of aliphatic carboxylic acids is 1. The predicted molar refractivity (Wildman–Crippen MR) is 57.4 cm³/mol. The van der Waals surface area contributed by atoms with E-state index in [1.807, 2.05) is 0 Å². The highest BCUT2D eigenvalue weighted by molar-refractivity contribution is 6.10. The summed E-state index contributed by atoms with van der Waals surface area (Å²) in [6.07, 6.45) is -0.708. The molecule has 1 amide bonds. The summed E-state index contributed by atoms with van der Waals surface area (Å²) in [4.78, 5) is 33.4. The normalized spacial score (nSPS) is 15.2. The third-order valence-corrected chi connectivity index (χ3v) is 2.02. The molecule has 0 spiro atoms. The number of nitrogens with two attached hydrogens (primary N) is 2. The molecular weight excluding hydrogens is 212 g/mol. The number of carbonyl (C=O) groups is 3. The molecule has 0 saturated carbocycles. The van der Waals surface area contributed by atoms with Crippen molar-refractivity contribution >= 4 is 17.7 Å². The third-order valence-electron chi connectivity index (χ3n) is 2.02. The van der Waals surface area contributed by atoms with E-state index in [1.54, 1.807) is 20.8 Å². The van der Waals surface area contributed by atoms with E-state index in [9.17, 15) is 14.4 Å². The zero-order valence-corrected chi connectivity index (χ0v) is 9.74. The summed E-state index contributed by atoms with van der Waals surface area (Å²) in [5.74, 6) is -3.13. The largest absolute Gasteiger partial charge is 0.480 e. The highest BCUT2D eigenvalue weighted by Crippen LogP contribution is 2.23. The van der Waals surface area contributed by atoms with Gasteiger partial charge in [-0.25, -0.2) is 4.79 Å². The van der Waals surface area contributed by atoms with E-state index in [1.165, 1.54) is 0 Å². The molecule has 6 nitrogen and oxygen atoms in total. The van der Waals surface area contributed by atoms with Crippen molar-refractivity contribution < 1.29 is 19.5 Å². The molecule has 0 aliphatic heterocycles. The quantitative estimate of drug-likeness (QED) is 0.557. The first-order chi connectivity index (χ1) is 6.99. The Morgan fingerprint density at radius 3 is 1.81 bits per heavy atom. The molecule has 0 bridgehead atoms. The van der Waals surface area contributed by atoms with Gasteiger partial charge in [0.05, 0.1) is 6.42 Å². The summed E-state index contributed by atoms with van der Waals surface area (Å²) in [5, 5.41) is 8.90. The number of Topliss-reactive ketones (excluding diaryl/α,β-unsaturated/α-hetero) is 1. The summed E-state index contributed by atoms with van der Waals surface area (Å²) in [5.41, 5.74) is 7.72. The summed E-state index contributed by atoms with van der Waals surface area (Å²) >= 11 is 0. The van der Waals surface area contributed by atoms with Crippen LogP contribution in [-0.2, 0) is 14.4 Å². The molecular formula is C10H18N2O4. The van der Waals surface area contributed by atoms with Crippen molar-refractivity contribution in [1.82, 2.24) is 0 Å². The number of carboxylic acid groups (broad SMARTS) is 1. The molecule has 0 aromatic rings. The van der Waals surface area contributed by atoms with Crippen LogP contribution in [0.1, 0.15) is 33.6 Å². The van der Waals surface area contributed by atoms with Gasteiger partial charge in [-0.3, -0.25) is 9.59 Å². The van der Waals surface area contributed by atoms with Gasteiger partial charge < -0.3 is 16.6 Å². The van der Waals surface area contributed by atoms with Crippen LogP contribution in [0.3, 0.4) is 0 Å². The minimum atomic E-state index is -2.21. The monoisotopic (exact) mass is 230 g/mol. The standard InChI is InChI=1S/C10H18N2O4/c1-9(2,3)4-6(13)10(12,8(15)16)5-7(11)14/h4-5,12H2,1-3H3,(H2,11,14)(H,15,16). The minimum Gasteiger partial charge on any atom is -0.480 e. The van der Waals surface area contributed by atoms with Crippen molar-refractivity contribution in [3.63, 3.8) is 0 Å². The lowest BCUT2D eigenvalue weighted by Gasteiger charge is -2.26. The van der Waals surface area contributed by atoms with Gasteiger partial charge in [0.15, 0.2) is 11.3 Å². The lowest BCUT2D eigenvalue weighted by molar-refractivity contribution is -0.151. The number of carboxylic acids is 1. The van der Waals surface area contributed by atoms with Crippen LogP contribution in [0.5, 0.6) is 0 Å².